The van der Waals surface area contributed by atoms with Gasteiger partial charge in [0, 0.05) is 16.5 Å². The number of aromatic amines is 1. The van der Waals surface area contributed by atoms with Crippen LogP contribution in [0.5, 0.6) is 0 Å². The lowest BCUT2D eigenvalue weighted by atomic mass is 10.0. The minimum Gasteiger partial charge on any atom is -0.477 e. The van der Waals surface area contributed by atoms with Crippen molar-refractivity contribution in [3.05, 3.63) is 51.3 Å². The summed E-state index contributed by atoms with van der Waals surface area (Å²) in [5.74, 6) is -2.48. The first-order valence-electron chi connectivity index (χ1n) is 5.27. The molecule has 0 amide bonds. The quantitative estimate of drug-likeness (QED) is 0.799. The van der Waals surface area contributed by atoms with E-state index in [-0.39, 0.29) is 23.4 Å². The third-order valence-corrected chi connectivity index (χ3v) is 3.11. The lowest BCUT2D eigenvalue weighted by molar-refractivity contribution is 0.0683. The summed E-state index contributed by atoms with van der Waals surface area (Å²) in [4.78, 5) is 22.0. The molecule has 2 rings (SSSR count). The van der Waals surface area contributed by atoms with Crippen LogP contribution in [-0.4, -0.2) is 32.3 Å². The molecule has 6 nitrogen and oxygen atoms in total. The average Bonchev–Trinajstić information content (AvgIpc) is 2.76. The van der Waals surface area contributed by atoms with Crippen LogP contribution in [0.4, 0.5) is 0 Å². The van der Waals surface area contributed by atoms with Crippen molar-refractivity contribution < 1.29 is 19.8 Å². The van der Waals surface area contributed by atoms with Crippen LogP contribution < -0.4 is 0 Å². The number of halogens is 1. The molecule has 1 aromatic carbocycles. The predicted octanol–water partition coefficient (Wildman–Crippen LogP) is 2.16. The second kappa shape index (κ2) is 5.23. The molecule has 0 saturated heterocycles. The Bertz CT molecular complexity index is 602. The van der Waals surface area contributed by atoms with Gasteiger partial charge in [0.05, 0.1) is 0 Å². The lowest BCUT2D eigenvalue weighted by Crippen LogP contribution is -2.06. The van der Waals surface area contributed by atoms with Crippen molar-refractivity contribution in [2.45, 2.75) is 6.42 Å². The third-order valence-electron chi connectivity index (χ3n) is 2.58. The van der Waals surface area contributed by atoms with E-state index in [0.29, 0.717) is 0 Å². The summed E-state index contributed by atoms with van der Waals surface area (Å²) in [6.45, 7) is 0. The Labute approximate surface area is 116 Å². The number of H-pyrrole nitrogens is 1. The van der Waals surface area contributed by atoms with Gasteiger partial charge in [0.2, 0.25) is 0 Å². The van der Waals surface area contributed by atoms with Gasteiger partial charge in [0.15, 0.2) is 5.69 Å². The second-order valence-electron chi connectivity index (χ2n) is 3.84. The summed E-state index contributed by atoms with van der Waals surface area (Å²) in [7, 11) is 0. The van der Waals surface area contributed by atoms with Crippen molar-refractivity contribution >= 4 is 27.9 Å². The number of aromatic nitrogens is 2. The Hall–Kier alpha value is -2.15. The molecule has 0 aliphatic rings. The zero-order chi connectivity index (χ0) is 14.0. The van der Waals surface area contributed by atoms with Crippen LogP contribution in [0.15, 0.2) is 28.7 Å². The number of hydrogen-bond acceptors (Lipinski definition) is 3. The number of benzene rings is 1. The maximum Gasteiger partial charge on any atom is 0.356 e. The van der Waals surface area contributed by atoms with E-state index < -0.39 is 11.9 Å². The Morgan fingerprint density at radius 1 is 1.16 bits per heavy atom. The van der Waals surface area contributed by atoms with Crippen LogP contribution >= 0.6 is 15.9 Å². The van der Waals surface area contributed by atoms with Crippen LogP contribution in [0.3, 0.4) is 0 Å². The number of nitrogens with one attached hydrogen (secondary N) is 1. The number of carboxylic acids is 2. The van der Waals surface area contributed by atoms with E-state index in [1.54, 1.807) is 24.3 Å². The number of rotatable bonds is 4. The zero-order valence-electron chi connectivity index (χ0n) is 9.55. The maximum absolute atomic E-state index is 11.0. The number of aromatic carboxylic acids is 2. The second-order valence-corrected chi connectivity index (χ2v) is 4.75. The number of carboxylic acid groups (broad SMARTS) is 2. The normalized spacial score (nSPS) is 10.4. The highest BCUT2D eigenvalue weighted by molar-refractivity contribution is 9.10. The van der Waals surface area contributed by atoms with Crippen molar-refractivity contribution in [3.8, 4) is 0 Å². The van der Waals surface area contributed by atoms with Crippen molar-refractivity contribution in [3.63, 3.8) is 0 Å². The molecule has 0 fully saturated rings. The largest absolute Gasteiger partial charge is 0.477 e. The first kappa shape index (κ1) is 13.3. The highest BCUT2D eigenvalue weighted by Gasteiger charge is 2.22. The summed E-state index contributed by atoms with van der Waals surface area (Å²) in [5.41, 5.74) is 0.512. The van der Waals surface area contributed by atoms with Gasteiger partial charge < -0.3 is 10.2 Å². The molecule has 0 unspecified atom stereocenters. The molecule has 3 N–H and O–H groups in total. The highest BCUT2D eigenvalue weighted by atomic mass is 79.9. The molecule has 0 aliphatic carbocycles. The van der Waals surface area contributed by atoms with E-state index in [9.17, 15) is 9.59 Å². The molecule has 0 aliphatic heterocycles. The lowest BCUT2D eigenvalue weighted by Gasteiger charge is -2.02. The molecule has 7 heteroatoms. The molecular weight excluding hydrogens is 316 g/mol. The van der Waals surface area contributed by atoms with Crippen molar-refractivity contribution in [1.29, 1.82) is 0 Å². The van der Waals surface area contributed by atoms with Crippen LogP contribution in [0.1, 0.15) is 32.1 Å². The predicted molar refractivity (Wildman–Crippen MR) is 69.5 cm³/mol. The fourth-order valence-electron chi connectivity index (χ4n) is 1.70. The van der Waals surface area contributed by atoms with Gasteiger partial charge in [-0.15, -0.1) is 0 Å². The molecule has 19 heavy (non-hydrogen) atoms. The minimum absolute atomic E-state index is 0.169. The van der Waals surface area contributed by atoms with E-state index in [2.05, 4.69) is 26.1 Å². The summed E-state index contributed by atoms with van der Waals surface area (Å²) in [6.07, 6.45) is 0.188. The first-order chi connectivity index (χ1) is 8.99. The Kier molecular flexibility index (Phi) is 3.66. The van der Waals surface area contributed by atoms with Crippen LogP contribution in [0.25, 0.3) is 0 Å². The molecule has 0 atom stereocenters. The molecule has 0 bridgehead atoms. The smallest absolute Gasteiger partial charge is 0.356 e. The number of nitrogens with zero attached hydrogens (tertiary/aromatic N) is 1. The maximum atomic E-state index is 11.0. The van der Waals surface area contributed by atoms with E-state index >= 15 is 0 Å². The van der Waals surface area contributed by atoms with E-state index in [0.717, 1.165) is 10.0 Å². The van der Waals surface area contributed by atoms with Gasteiger partial charge in [-0.3, -0.25) is 5.10 Å². The van der Waals surface area contributed by atoms with E-state index in [1.807, 2.05) is 0 Å². The summed E-state index contributed by atoms with van der Waals surface area (Å²) < 4.78 is 0.889. The Balaban J connectivity index is 2.42. The molecular formula is C12H9BrN2O4. The van der Waals surface area contributed by atoms with Gasteiger partial charge in [0.25, 0.3) is 0 Å². The summed E-state index contributed by atoms with van der Waals surface area (Å²) in [5, 5.41) is 23.8. The van der Waals surface area contributed by atoms with Gasteiger partial charge in [-0.2, -0.15) is 5.10 Å². The van der Waals surface area contributed by atoms with E-state index in [4.69, 9.17) is 10.2 Å². The molecule has 98 valence electrons. The van der Waals surface area contributed by atoms with Crippen LogP contribution in [0, 0.1) is 0 Å². The molecule has 0 radical (unpaired) electrons. The third kappa shape index (κ3) is 2.82. The minimum atomic E-state index is -1.25. The molecule has 0 spiro atoms. The Morgan fingerprint density at radius 2 is 1.79 bits per heavy atom. The van der Waals surface area contributed by atoms with Gasteiger partial charge in [-0.1, -0.05) is 28.1 Å². The monoisotopic (exact) mass is 324 g/mol. The van der Waals surface area contributed by atoms with Gasteiger partial charge >= 0.3 is 11.9 Å². The fourth-order valence-corrected chi connectivity index (χ4v) is 1.96. The van der Waals surface area contributed by atoms with Crippen LogP contribution in [-0.2, 0) is 6.42 Å². The first-order valence-corrected chi connectivity index (χ1v) is 6.06. The van der Waals surface area contributed by atoms with Gasteiger partial charge in [-0.05, 0) is 17.7 Å². The molecule has 1 heterocycles. The number of carbonyl (C=O) groups is 2. The molecule has 2 aromatic rings. The van der Waals surface area contributed by atoms with Crippen LogP contribution in [0.2, 0.25) is 0 Å². The standard InChI is InChI=1S/C12H9BrN2O4/c13-7-3-1-6(2-4-7)5-8-9(11(16)17)14-15-10(8)12(18)19/h1-4H,5H2,(H,14,15)(H,16,17)(H,18,19). The van der Waals surface area contributed by atoms with Gasteiger partial charge in [-0.25, -0.2) is 9.59 Å². The number of hydrogen-bond donors (Lipinski definition) is 3. The van der Waals surface area contributed by atoms with Gasteiger partial charge in [0.1, 0.15) is 5.69 Å². The SMILES string of the molecule is O=C(O)c1n[nH]c(C(=O)O)c1Cc1ccc(Br)cc1. The summed E-state index contributed by atoms with van der Waals surface area (Å²) >= 11 is 3.29. The van der Waals surface area contributed by atoms with Crippen molar-refractivity contribution in [1.82, 2.24) is 10.2 Å². The fraction of sp³-hybridized carbons (Fsp3) is 0.0833. The van der Waals surface area contributed by atoms with Crippen molar-refractivity contribution in [2.75, 3.05) is 0 Å². The Morgan fingerprint density at radius 3 is 2.32 bits per heavy atom. The molecule has 0 saturated carbocycles. The van der Waals surface area contributed by atoms with E-state index in [1.165, 1.54) is 0 Å². The van der Waals surface area contributed by atoms with Crippen molar-refractivity contribution in [2.24, 2.45) is 0 Å². The molecule has 1 aromatic heterocycles. The highest BCUT2D eigenvalue weighted by Crippen LogP contribution is 2.19. The zero-order valence-corrected chi connectivity index (χ0v) is 11.1. The summed E-state index contributed by atoms with van der Waals surface area (Å²) in [6, 6.07) is 7.18. The average molecular weight is 325 g/mol. The topological polar surface area (TPSA) is 103 Å².